The van der Waals surface area contributed by atoms with Crippen molar-refractivity contribution in [3.8, 4) is 0 Å². The second-order valence-electron chi connectivity index (χ2n) is 5.39. The lowest BCUT2D eigenvalue weighted by molar-refractivity contribution is -0.143. The monoisotopic (exact) mass is 244 g/mol. The smallest absolute Gasteiger partial charge is 0.322 e. The molecule has 1 saturated heterocycles. The zero-order valence-electron chi connectivity index (χ0n) is 11.1. The summed E-state index contributed by atoms with van der Waals surface area (Å²) in [4.78, 5) is 13.7. The summed E-state index contributed by atoms with van der Waals surface area (Å²) >= 11 is 0. The van der Waals surface area contributed by atoms with Gasteiger partial charge in [-0.3, -0.25) is 9.69 Å². The molecule has 0 aliphatic carbocycles. The predicted molar refractivity (Wildman–Crippen MR) is 65.6 cm³/mol. The Labute approximate surface area is 103 Å². The van der Waals surface area contributed by atoms with E-state index in [1.807, 2.05) is 0 Å². The summed E-state index contributed by atoms with van der Waals surface area (Å²) in [7, 11) is 1.37. The molecule has 2 N–H and O–H groups in total. The molecule has 0 aromatic rings. The highest BCUT2D eigenvalue weighted by Gasteiger charge is 2.28. The van der Waals surface area contributed by atoms with E-state index in [-0.39, 0.29) is 11.4 Å². The van der Waals surface area contributed by atoms with Crippen molar-refractivity contribution in [3.05, 3.63) is 0 Å². The first-order chi connectivity index (χ1) is 7.94. The maximum absolute atomic E-state index is 11.3. The van der Waals surface area contributed by atoms with E-state index < -0.39 is 6.04 Å². The van der Waals surface area contributed by atoms with E-state index in [2.05, 4.69) is 23.5 Å². The maximum Gasteiger partial charge on any atom is 0.322 e. The van der Waals surface area contributed by atoms with E-state index >= 15 is 0 Å². The van der Waals surface area contributed by atoms with Crippen LogP contribution >= 0.6 is 0 Å². The Morgan fingerprint density at radius 2 is 2.06 bits per heavy atom. The van der Waals surface area contributed by atoms with Crippen molar-refractivity contribution < 1.29 is 14.3 Å². The molecule has 0 amide bonds. The zero-order valence-corrected chi connectivity index (χ0v) is 11.1. The molecule has 0 aromatic carbocycles. The molecule has 1 heterocycles. The lowest BCUT2D eigenvalue weighted by atomic mass is 9.85. The van der Waals surface area contributed by atoms with E-state index in [1.54, 1.807) is 0 Å². The average Bonchev–Trinajstić information content (AvgIpc) is 2.27. The molecule has 0 saturated carbocycles. The largest absolute Gasteiger partial charge is 0.468 e. The number of methoxy groups -OCH3 is 1. The predicted octanol–water partition coefficient (Wildman–Crippen LogP) is 0.235. The fourth-order valence-corrected chi connectivity index (χ4v) is 2.26. The number of nitrogens with two attached hydrogens (primary N) is 1. The summed E-state index contributed by atoms with van der Waals surface area (Å²) in [5, 5.41) is 0. The van der Waals surface area contributed by atoms with Gasteiger partial charge in [0.25, 0.3) is 0 Å². The number of carbonyl (C=O) groups excluding carboxylic acids is 1. The fraction of sp³-hybridized carbons (Fsp3) is 0.917. The lowest BCUT2D eigenvalue weighted by Crippen LogP contribution is -2.45. The molecule has 1 fully saturated rings. The van der Waals surface area contributed by atoms with Gasteiger partial charge >= 0.3 is 5.97 Å². The lowest BCUT2D eigenvalue weighted by Gasteiger charge is -2.35. The molecule has 0 aromatic heterocycles. The number of nitrogens with zero attached hydrogens (tertiary/aromatic N) is 1. The van der Waals surface area contributed by atoms with Gasteiger partial charge in [-0.2, -0.15) is 0 Å². The number of hydrogen-bond acceptors (Lipinski definition) is 5. The van der Waals surface area contributed by atoms with Gasteiger partial charge in [0.2, 0.25) is 0 Å². The van der Waals surface area contributed by atoms with Gasteiger partial charge in [-0.05, 0) is 11.8 Å². The van der Waals surface area contributed by atoms with Gasteiger partial charge in [-0.25, -0.2) is 0 Å². The van der Waals surface area contributed by atoms with Crippen LogP contribution in [0.5, 0.6) is 0 Å². The highest BCUT2D eigenvalue weighted by Crippen LogP contribution is 2.24. The average molecular weight is 244 g/mol. The van der Waals surface area contributed by atoms with Gasteiger partial charge < -0.3 is 15.2 Å². The molecule has 1 aliphatic rings. The van der Waals surface area contributed by atoms with Gasteiger partial charge in [0.15, 0.2) is 0 Å². The minimum absolute atomic E-state index is 0.00491. The van der Waals surface area contributed by atoms with Crippen LogP contribution in [0.2, 0.25) is 0 Å². The third kappa shape index (κ3) is 5.02. The molecular formula is C12H24N2O3. The molecule has 0 spiro atoms. The number of carbonyl (C=O) groups is 1. The number of rotatable bonds is 5. The van der Waals surface area contributed by atoms with E-state index in [9.17, 15) is 4.79 Å². The van der Waals surface area contributed by atoms with Gasteiger partial charge in [0, 0.05) is 19.6 Å². The van der Waals surface area contributed by atoms with Crippen LogP contribution in [0.4, 0.5) is 0 Å². The summed E-state index contributed by atoms with van der Waals surface area (Å²) in [5.41, 5.74) is 5.81. The number of esters is 1. The first-order valence-electron chi connectivity index (χ1n) is 6.08. The molecule has 0 radical (unpaired) electrons. The van der Waals surface area contributed by atoms with Crippen molar-refractivity contribution in [2.24, 2.45) is 11.1 Å². The van der Waals surface area contributed by atoms with Crippen LogP contribution in [0.1, 0.15) is 20.3 Å². The Bertz CT molecular complexity index is 250. The summed E-state index contributed by atoms with van der Waals surface area (Å²) < 4.78 is 9.96. The third-order valence-corrected chi connectivity index (χ3v) is 3.03. The molecule has 1 unspecified atom stereocenters. The normalized spacial score (nSPS) is 20.0. The Balaban J connectivity index is 2.41. The molecule has 17 heavy (non-hydrogen) atoms. The summed E-state index contributed by atoms with van der Waals surface area (Å²) in [6, 6.07) is -0.531. The Hall–Kier alpha value is -0.650. The molecule has 100 valence electrons. The minimum Gasteiger partial charge on any atom is -0.468 e. The Kier molecular flexibility index (Phi) is 5.36. The highest BCUT2D eigenvalue weighted by atomic mass is 16.5. The van der Waals surface area contributed by atoms with Crippen molar-refractivity contribution in [1.82, 2.24) is 4.90 Å². The number of ether oxygens (including phenoxy) is 2. The quantitative estimate of drug-likeness (QED) is 0.702. The number of hydrogen-bond donors (Lipinski definition) is 1. The minimum atomic E-state index is -0.531. The maximum atomic E-state index is 11.3. The molecule has 1 aliphatic heterocycles. The first kappa shape index (κ1) is 14.4. The van der Waals surface area contributed by atoms with Crippen LogP contribution in [0.25, 0.3) is 0 Å². The standard InChI is InChI=1S/C12H24N2O3/c1-12(2,8-10(13)11(15)16-3)9-14-4-6-17-7-5-14/h10H,4-9,13H2,1-3H3. The van der Waals surface area contributed by atoms with Gasteiger partial charge in [0.05, 0.1) is 20.3 Å². The van der Waals surface area contributed by atoms with Crippen molar-refractivity contribution in [1.29, 1.82) is 0 Å². The highest BCUT2D eigenvalue weighted by molar-refractivity contribution is 5.75. The SMILES string of the molecule is COC(=O)C(N)CC(C)(C)CN1CCOCC1. The van der Waals surface area contributed by atoms with E-state index in [1.165, 1.54) is 7.11 Å². The molecule has 5 heteroatoms. The van der Waals surface area contributed by atoms with Crippen LogP contribution in [0.15, 0.2) is 0 Å². The molecular weight excluding hydrogens is 220 g/mol. The molecule has 1 rings (SSSR count). The van der Waals surface area contributed by atoms with Crippen LogP contribution < -0.4 is 5.73 Å². The van der Waals surface area contributed by atoms with E-state index in [0.717, 1.165) is 32.8 Å². The fourth-order valence-electron chi connectivity index (χ4n) is 2.26. The molecule has 5 nitrogen and oxygen atoms in total. The van der Waals surface area contributed by atoms with Crippen LogP contribution in [-0.4, -0.2) is 56.9 Å². The second kappa shape index (κ2) is 6.33. The van der Waals surface area contributed by atoms with E-state index in [4.69, 9.17) is 10.5 Å². The number of morpholine rings is 1. The van der Waals surface area contributed by atoms with Gasteiger partial charge in [0.1, 0.15) is 6.04 Å². The van der Waals surface area contributed by atoms with Crippen molar-refractivity contribution >= 4 is 5.97 Å². The Morgan fingerprint density at radius 1 is 1.47 bits per heavy atom. The third-order valence-electron chi connectivity index (χ3n) is 3.03. The summed E-state index contributed by atoms with van der Waals surface area (Å²) in [5.74, 6) is -0.333. The van der Waals surface area contributed by atoms with Crippen molar-refractivity contribution in [3.63, 3.8) is 0 Å². The van der Waals surface area contributed by atoms with Crippen LogP contribution in [0, 0.1) is 5.41 Å². The topological polar surface area (TPSA) is 64.8 Å². The van der Waals surface area contributed by atoms with Crippen LogP contribution in [0.3, 0.4) is 0 Å². The van der Waals surface area contributed by atoms with Gasteiger partial charge in [-0.15, -0.1) is 0 Å². The Morgan fingerprint density at radius 3 is 2.59 bits per heavy atom. The van der Waals surface area contributed by atoms with Gasteiger partial charge in [-0.1, -0.05) is 13.8 Å². The molecule has 0 bridgehead atoms. The zero-order chi connectivity index (χ0) is 12.9. The van der Waals surface area contributed by atoms with Crippen LogP contribution in [-0.2, 0) is 14.3 Å². The van der Waals surface area contributed by atoms with Crippen molar-refractivity contribution in [2.45, 2.75) is 26.3 Å². The summed E-state index contributed by atoms with van der Waals surface area (Å²) in [6.45, 7) is 8.68. The second-order valence-corrected chi connectivity index (χ2v) is 5.39. The van der Waals surface area contributed by atoms with E-state index in [0.29, 0.717) is 6.42 Å². The summed E-state index contributed by atoms with van der Waals surface area (Å²) in [6.07, 6.45) is 0.636. The first-order valence-corrected chi connectivity index (χ1v) is 6.08. The van der Waals surface area contributed by atoms with Crippen molar-refractivity contribution in [2.75, 3.05) is 40.0 Å². The molecule has 1 atom stereocenters.